The molecule has 1 fully saturated rings. The topological polar surface area (TPSA) is 194 Å². The van der Waals surface area contributed by atoms with Gasteiger partial charge in [0.15, 0.2) is 11.9 Å². The van der Waals surface area contributed by atoms with E-state index < -0.39 is 77.3 Å². The van der Waals surface area contributed by atoms with Crippen molar-refractivity contribution in [3.63, 3.8) is 0 Å². The summed E-state index contributed by atoms with van der Waals surface area (Å²) in [6.45, 7) is 0.285. The highest BCUT2D eigenvalue weighted by Crippen LogP contribution is 2.46. The van der Waals surface area contributed by atoms with Gasteiger partial charge in [-0.25, -0.2) is 4.79 Å². The number of phenolic OH excluding ortho intramolecular Hbond substituents is 4. The van der Waals surface area contributed by atoms with Gasteiger partial charge in [-0.2, -0.15) is 0 Å². The van der Waals surface area contributed by atoms with E-state index in [1.807, 2.05) is 0 Å². The van der Waals surface area contributed by atoms with Gasteiger partial charge in [0.25, 0.3) is 0 Å². The summed E-state index contributed by atoms with van der Waals surface area (Å²) in [4.78, 5) is 24.3. The van der Waals surface area contributed by atoms with Crippen LogP contribution in [0.25, 0.3) is 6.08 Å². The van der Waals surface area contributed by atoms with Crippen molar-refractivity contribution in [1.82, 2.24) is 0 Å². The minimum absolute atomic E-state index is 0.0240. The number of phenols is 4. The molecule has 5 atom stereocenters. The highest BCUT2D eigenvalue weighted by Gasteiger charge is 2.49. The molecular weight excluding hydrogens is 452 g/mol. The van der Waals surface area contributed by atoms with Crippen molar-refractivity contribution in [2.75, 3.05) is 6.61 Å². The Hall–Kier alpha value is -3.64. The van der Waals surface area contributed by atoms with Crippen LogP contribution in [0.2, 0.25) is 0 Å². The summed E-state index contributed by atoms with van der Waals surface area (Å²) < 4.78 is 10.8. The van der Waals surface area contributed by atoms with Gasteiger partial charge in [0, 0.05) is 12.1 Å². The van der Waals surface area contributed by atoms with Crippen LogP contribution in [0, 0.1) is 0 Å². The monoisotopic (exact) mass is 476 g/mol. The summed E-state index contributed by atoms with van der Waals surface area (Å²) in [6, 6.07) is 6.60. The van der Waals surface area contributed by atoms with Crippen molar-refractivity contribution >= 4 is 17.8 Å². The van der Waals surface area contributed by atoms with Gasteiger partial charge in [0.1, 0.15) is 53.0 Å². The number of carbonyl (C=O) groups is 2. The van der Waals surface area contributed by atoms with Crippen LogP contribution < -0.4 is 0 Å². The molecular formula is C23H24O11. The summed E-state index contributed by atoms with van der Waals surface area (Å²) in [6.07, 6.45) is -5.90. The van der Waals surface area contributed by atoms with Gasteiger partial charge in [-0.05, 0) is 30.7 Å². The predicted molar refractivity (Wildman–Crippen MR) is 115 cm³/mol. The molecule has 0 amide bonds. The molecule has 182 valence electrons. The maximum Gasteiger partial charge on any atom is 0.331 e. The van der Waals surface area contributed by atoms with Crippen LogP contribution in [0.5, 0.6) is 23.0 Å². The van der Waals surface area contributed by atoms with Crippen molar-refractivity contribution in [1.29, 1.82) is 0 Å². The Balaban J connectivity index is 1.98. The first-order valence-corrected chi connectivity index (χ1v) is 10.1. The fourth-order valence-electron chi connectivity index (χ4n) is 3.66. The molecule has 0 spiro atoms. The van der Waals surface area contributed by atoms with Gasteiger partial charge >= 0.3 is 5.97 Å². The first-order chi connectivity index (χ1) is 16.0. The first-order valence-electron chi connectivity index (χ1n) is 10.1. The number of Topliss-reactive ketones (excluding diaryl/α,β-unsaturated/α-hetero) is 1. The molecule has 0 aliphatic carbocycles. The van der Waals surface area contributed by atoms with Gasteiger partial charge in [0.2, 0.25) is 0 Å². The minimum atomic E-state index is -1.82. The number of aromatic hydroxyl groups is 4. The molecule has 0 radical (unpaired) electrons. The van der Waals surface area contributed by atoms with E-state index in [4.69, 9.17) is 9.47 Å². The molecule has 2 aromatic carbocycles. The number of rotatable bonds is 6. The number of aliphatic hydroxyl groups excluding tert-OH is 3. The molecule has 34 heavy (non-hydrogen) atoms. The lowest BCUT2D eigenvalue weighted by atomic mass is 9.88. The zero-order chi connectivity index (χ0) is 25.2. The van der Waals surface area contributed by atoms with E-state index in [2.05, 4.69) is 0 Å². The Morgan fingerprint density at radius 2 is 1.68 bits per heavy atom. The van der Waals surface area contributed by atoms with Crippen LogP contribution >= 0.6 is 0 Å². The molecule has 1 saturated heterocycles. The van der Waals surface area contributed by atoms with Gasteiger partial charge < -0.3 is 45.2 Å². The SMILES string of the molecule is CC(=O)c1c(O)cc(O)c(C2OC(CO)C(O)C(O)C2OC(=O)C=Cc2ccc(O)cc2)c1O. The lowest BCUT2D eigenvalue weighted by Crippen LogP contribution is -2.56. The zero-order valence-corrected chi connectivity index (χ0v) is 17.9. The molecule has 1 heterocycles. The molecule has 2 aromatic rings. The number of carbonyl (C=O) groups excluding carboxylic acids is 2. The van der Waals surface area contributed by atoms with Crippen LogP contribution in [-0.2, 0) is 14.3 Å². The number of esters is 1. The Morgan fingerprint density at radius 1 is 1.03 bits per heavy atom. The van der Waals surface area contributed by atoms with Gasteiger partial charge in [-0.1, -0.05) is 12.1 Å². The molecule has 5 unspecified atom stereocenters. The number of hydrogen-bond acceptors (Lipinski definition) is 11. The maximum absolute atomic E-state index is 12.5. The summed E-state index contributed by atoms with van der Waals surface area (Å²) >= 11 is 0. The number of ketones is 1. The summed E-state index contributed by atoms with van der Waals surface area (Å²) in [5, 5.41) is 70.6. The summed E-state index contributed by atoms with van der Waals surface area (Å²) in [5.41, 5.74) is -0.505. The third kappa shape index (κ3) is 4.97. The van der Waals surface area contributed by atoms with Gasteiger partial charge in [-0.15, -0.1) is 0 Å². The molecule has 1 aliphatic heterocycles. The molecule has 11 heteroatoms. The Bertz CT molecular complexity index is 1090. The first kappa shape index (κ1) is 25.0. The Morgan fingerprint density at radius 3 is 2.26 bits per heavy atom. The van der Waals surface area contributed by atoms with Gasteiger partial charge in [0.05, 0.1) is 12.2 Å². The molecule has 0 aromatic heterocycles. The molecule has 0 bridgehead atoms. The molecule has 1 aliphatic rings. The quantitative estimate of drug-likeness (QED) is 0.174. The number of ether oxygens (including phenoxy) is 2. The van der Waals surface area contributed by atoms with E-state index in [9.17, 15) is 45.3 Å². The molecule has 0 saturated carbocycles. The van der Waals surface area contributed by atoms with Crippen LogP contribution in [0.15, 0.2) is 36.4 Å². The average Bonchev–Trinajstić information content (AvgIpc) is 2.77. The van der Waals surface area contributed by atoms with Crippen molar-refractivity contribution in [2.45, 2.75) is 37.4 Å². The van der Waals surface area contributed by atoms with E-state index >= 15 is 0 Å². The lowest BCUT2D eigenvalue weighted by molar-refractivity contribution is -0.240. The third-order valence-corrected chi connectivity index (χ3v) is 5.36. The van der Waals surface area contributed by atoms with Crippen molar-refractivity contribution < 1.29 is 54.8 Å². The fourth-order valence-corrected chi connectivity index (χ4v) is 3.66. The lowest BCUT2D eigenvalue weighted by Gasteiger charge is -2.42. The van der Waals surface area contributed by atoms with E-state index in [1.54, 1.807) is 0 Å². The summed E-state index contributed by atoms with van der Waals surface area (Å²) in [7, 11) is 0. The van der Waals surface area contributed by atoms with Crippen molar-refractivity contribution in [3.8, 4) is 23.0 Å². The molecule has 11 nitrogen and oxygen atoms in total. The third-order valence-electron chi connectivity index (χ3n) is 5.36. The van der Waals surface area contributed by atoms with E-state index in [0.717, 1.165) is 19.1 Å². The van der Waals surface area contributed by atoms with E-state index in [-0.39, 0.29) is 5.75 Å². The van der Waals surface area contributed by atoms with Gasteiger partial charge in [-0.3, -0.25) is 4.79 Å². The Labute approximate surface area is 193 Å². The predicted octanol–water partition coefficient (Wildman–Crippen LogP) is 0.491. The highest BCUT2D eigenvalue weighted by molar-refractivity contribution is 6.00. The largest absolute Gasteiger partial charge is 0.508 e. The second kappa shape index (κ2) is 10.1. The van der Waals surface area contributed by atoms with Crippen molar-refractivity contribution in [3.05, 3.63) is 53.1 Å². The highest BCUT2D eigenvalue weighted by atomic mass is 16.6. The molecule has 3 rings (SSSR count). The number of aliphatic hydroxyl groups is 3. The van der Waals surface area contributed by atoms with Crippen LogP contribution in [0.1, 0.15) is 34.5 Å². The maximum atomic E-state index is 12.5. The smallest absolute Gasteiger partial charge is 0.331 e. The van der Waals surface area contributed by atoms with E-state index in [1.165, 1.54) is 30.3 Å². The number of benzene rings is 2. The second-order valence-corrected chi connectivity index (χ2v) is 7.69. The standard InChI is InChI=1S/C23H24O11/c1-10(25)17-13(27)8-14(28)18(20(17)31)22-23(21(32)19(30)15(9-24)33-22)34-16(29)7-4-11-2-5-12(26)6-3-11/h2-8,15,19,21-24,26-28,30-32H,9H2,1H3. The second-order valence-electron chi connectivity index (χ2n) is 7.69. The van der Waals surface area contributed by atoms with E-state index in [0.29, 0.717) is 5.56 Å². The zero-order valence-electron chi connectivity index (χ0n) is 17.9. The average molecular weight is 476 g/mol. The number of hydrogen-bond donors (Lipinski definition) is 7. The van der Waals surface area contributed by atoms with Crippen LogP contribution in [0.4, 0.5) is 0 Å². The van der Waals surface area contributed by atoms with Crippen LogP contribution in [-0.4, -0.2) is 78.5 Å². The van der Waals surface area contributed by atoms with Crippen molar-refractivity contribution in [2.24, 2.45) is 0 Å². The molecule has 7 N–H and O–H groups in total. The summed E-state index contributed by atoms with van der Waals surface area (Å²) in [5.74, 6) is -4.06. The fraction of sp³-hybridized carbons (Fsp3) is 0.304. The minimum Gasteiger partial charge on any atom is -0.508 e. The normalized spacial score (nSPS) is 24.8. The van der Waals surface area contributed by atoms with Crippen LogP contribution in [0.3, 0.4) is 0 Å². The Kier molecular flexibility index (Phi) is 7.42.